The Labute approximate surface area is 160 Å². The number of aromatic nitrogens is 2. The SMILES string of the molecule is COc1cc(OC)c(NC(=O)c2nc(-c3cccc(Cl)c3)[nH]c2C)cc1F. The van der Waals surface area contributed by atoms with E-state index in [9.17, 15) is 9.18 Å². The predicted octanol–water partition coefficient (Wildman–Crippen LogP) is 4.45. The molecule has 1 amide bonds. The lowest BCUT2D eigenvalue weighted by Gasteiger charge is -2.12. The van der Waals surface area contributed by atoms with Gasteiger partial charge in [0.05, 0.1) is 19.9 Å². The number of anilines is 1. The number of aromatic amines is 1. The number of imidazole rings is 1. The van der Waals surface area contributed by atoms with Crippen molar-refractivity contribution >= 4 is 23.2 Å². The lowest BCUT2D eigenvalue weighted by molar-refractivity contribution is 0.102. The summed E-state index contributed by atoms with van der Waals surface area (Å²) >= 11 is 6.00. The highest BCUT2D eigenvalue weighted by atomic mass is 35.5. The second kappa shape index (κ2) is 7.67. The Morgan fingerprint density at radius 1 is 1.19 bits per heavy atom. The highest BCUT2D eigenvalue weighted by Crippen LogP contribution is 2.32. The maximum Gasteiger partial charge on any atom is 0.276 e. The first-order valence-corrected chi connectivity index (χ1v) is 8.36. The predicted molar refractivity (Wildman–Crippen MR) is 101 cm³/mol. The van der Waals surface area contributed by atoms with Gasteiger partial charge in [-0.25, -0.2) is 9.37 Å². The molecule has 6 nitrogen and oxygen atoms in total. The second-order valence-corrected chi connectivity index (χ2v) is 6.15. The third-order valence-corrected chi connectivity index (χ3v) is 4.16. The molecule has 0 aliphatic carbocycles. The van der Waals surface area contributed by atoms with Crippen LogP contribution in [0.15, 0.2) is 36.4 Å². The number of amides is 1. The monoisotopic (exact) mass is 389 g/mol. The zero-order valence-electron chi connectivity index (χ0n) is 14.9. The topological polar surface area (TPSA) is 76.2 Å². The number of H-pyrrole nitrogens is 1. The molecule has 0 aliphatic heterocycles. The summed E-state index contributed by atoms with van der Waals surface area (Å²) in [6.45, 7) is 1.72. The van der Waals surface area contributed by atoms with Crippen LogP contribution in [0.3, 0.4) is 0 Å². The van der Waals surface area contributed by atoms with Crippen LogP contribution in [0.25, 0.3) is 11.4 Å². The number of nitrogens with zero attached hydrogens (tertiary/aromatic N) is 1. The highest BCUT2D eigenvalue weighted by molar-refractivity contribution is 6.30. The minimum atomic E-state index is -0.619. The van der Waals surface area contributed by atoms with Gasteiger partial charge in [0.1, 0.15) is 17.3 Å². The van der Waals surface area contributed by atoms with Crippen molar-refractivity contribution in [3.05, 3.63) is 58.6 Å². The number of benzene rings is 2. The summed E-state index contributed by atoms with van der Waals surface area (Å²) in [5.74, 6) is -0.325. The van der Waals surface area contributed by atoms with Crippen molar-refractivity contribution in [2.45, 2.75) is 6.92 Å². The molecular weight excluding hydrogens is 373 g/mol. The Hall–Kier alpha value is -3.06. The number of halogens is 2. The zero-order valence-corrected chi connectivity index (χ0v) is 15.6. The van der Waals surface area contributed by atoms with Gasteiger partial charge in [0.2, 0.25) is 0 Å². The van der Waals surface area contributed by atoms with Crippen molar-refractivity contribution in [2.24, 2.45) is 0 Å². The molecule has 0 fully saturated rings. The Kier molecular flexibility index (Phi) is 5.32. The van der Waals surface area contributed by atoms with E-state index in [1.54, 1.807) is 25.1 Å². The molecule has 0 saturated heterocycles. The van der Waals surface area contributed by atoms with Crippen LogP contribution in [-0.2, 0) is 0 Å². The fourth-order valence-corrected chi connectivity index (χ4v) is 2.78. The van der Waals surface area contributed by atoms with Crippen LogP contribution in [0, 0.1) is 12.7 Å². The van der Waals surface area contributed by atoms with Gasteiger partial charge < -0.3 is 19.8 Å². The molecule has 3 aromatic rings. The summed E-state index contributed by atoms with van der Waals surface area (Å²) in [6.07, 6.45) is 0. The minimum absolute atomic E-state index is 0.0176. The van der Waals surface area contributed by atoms with E-state index < -0.39 is 11.7 Å². The standard InChI is InChI=1S/C19H17ClFN3O3/c1-10-17(24-18(22-10)11-5-4-6-12(20)7-11)19(25)23-14-8-13(21)15(26-2)9-16(14)27-3/h4-9H,1-3H3,(H,22,24)(H,23,25). The molecule has 2 N–H and O–H groups in total. The van der Waals surface area contributed by atoms with E-state index in [0.717, 1.165) is 11.6 Å². The third-order valence-electron chi connectivity index (χ3n) is 3.92. The van der Waals surface area contributed by atoms with Gasteiger partial charge in [-0.3, -0.25) is 4.79 Å². The Morgan fingerprint density at radius 3 is 2.59 bits per heavy atom. The molecular formula is C19H17ClFN3O3. The van der Waals surface area contributed by atoms with Crippen LogP contribution in [0.5, 0.6) is 11.5 Å². The van der Waals surface area contributed by atoms with Crippen molar-refractivity contribution in [2.75, 3.05) is 19.5 Å². The number of carbonyl (C=O) groups excluding carboxylic acids is 1. The fraction of sp³-hybridized carbons (Fsp3) is 0.158. The highest BCUT2D eigenvalue weighted by Gasteiger charge is 2.19. The molecule has 1 aromatic heterocycles. The smallest absolute Gasteiger partial charge is 0.276 e. The van der Waals surface area contributed by atoms with Crippen LogP contribution in [0.2, 0.25) is 5.02 Å². The molecule has 27 heavy (non-hydrogen) atoms. The van der Waals surface area contributed by atoms with Gasteiger partial charge in [-0.15, -0.1) is 0 Å². The number of methoxy groups -OCH3 is 2. The molecule has 8 heteroatoms. The summed E-state index contributed by atoms with van der Waals surface area (Å²) in [4.78, 5) is 20.1. The van der Waals surface area contributed by atoms with Gasteiger partial charge in [0, 0.05) is 28.4 Å². The van der Waals surface area contributed by atoms with Gasteiger partial charge in [-0.2, -0.15) is 0 Å². The molecule has 1 heterocycles. The molecule has 0 aliphatic rings. The van der Waals surface area contributed by atoms with E-state index in [2.05, 4.69) is 15.3 Å². The van der Waals surface area contributed by atoms with E-state index in [4.69, 9.17) is 21.1 Å². The fourth-order valence-electron chi connectivity index (χ4n) is 2.59. The normalized spacial score (nSPS) is 10.6. The second-order valence-electron chi connectivity index (χ2n) is 5.71. The van der Waals surface area contributed by atoms with Crippen LogP contribution >= 0.6 is 11.6 Å². The zero-order chi connectivity index (χ0) is 19.6. The van der Waals surface area contributed by atoms with Gasteiger partial charge >= 0.3 is 0 Å². The summed E-state index contributed by atoms with van der Waals surface area (Å²) in [6, 6.07) is 9.60. The van der Waals surface area contributed by atoms with Crippen LogP contribution in [0.4, 0.5) is 10.1 Å². The molecule has 0 radical (unpaired) electrons. The van der Waals surface area contributed by atoms with E-state index in [1.807, 2.05) is 6.07 Å². The van der Waals surface area contributed by atoms with E-state index >= 15 is 0 Å². The van der Waals surface area contributed by atoms with Gasteiger partial charge in [-0.1, -0.05) is 23.7 Å². The van der Waals surface area contributed by atoms with Crippen LogP contribution in [-0.4, -0.2) is 30.1 Å². The van der Waals surface area contributed by atoms with Crippen molar-refractivity contribution in [1.82, 2.24) is 9.97 Å². The summed E-state index contributed by atoms with van der Waals surface area (Å²) in [5, 5.41) is 3.18. The van der Waals surface area contributed by atoms with Crippen molar-refractivity contribution in [3.8, 4) is 22.9 Å². The number of aryl methyl sites for hydroxylation is 1. The van der Waals surface area contributed by atoms with Gasteiger partial charge in [-0.05, 0) is 19.1 Å². The average Bonchev–Trinajstić information content (AvgIpc) is 3.04. The quantitative estimate of drug-likeness (QED) is 0.676. The number of nitrogens with one attached hydrogen (secondary N) is 2. The van der Waals surface area contributed by atoms with Crippen molar-refractivity contribution in [1.29, 1.82) is 0 Å². The molecule has 0 saturated carbocycles. The number of rotatable bonds is 5. The van der Waals surface area contributed by atoms with Crippen LogP contribution in [0.1, 0.15) is 16.2 Å². The number of carbonyl (C=O) groups is 1. The summed E-state index contributed by atoms with van der Waals surface area (Å²) < 4.78 is 24.1. The van der Waals surface area contributed by atoms with Crippen LogP contribution < -0.4 is 14.8 Å². The maximum atomic E-state index is 14.0. The van der Waals surface area contributed by atoms with E-state index in [0.29, 0.717) is 16.5 Å². The van der Waals surface area contributed by atoms with Crippen molar-refractivity contribution < 1.29 is 18.7 Å². The molecule has 3 rings (SSSR count). The van der Waals surface area contributed by atoms with Gasteiger partial charge in [0.15, 0.2) is 11.6 Å². The Balaban J connectivity index is 1.90. The first-order chi connectivity index (χ1) is 12.9. The minimum Gasteiger partial charge on any atom is -0.494 e. The Morgan fingerprint density at radius 2 is 1.93 bits per heavy atom. The number of ether oxygens (including phenoxy) is 2. The molecule has 0 bridgehead atoms. The molecule has 140 valence electrons. The Bertz CT molecular complexity index is 1000. The number of hydrogen-bond donors (Lipinski definition) is 2. The number of hydrogen-bond acceptors (Lipinski definition) is 4. The molecule has 0 unspecified atom stereocenters. The largest absolute Gasteiger partial charge is 0.494 e. The maximum absolute atomic E-state index is 14.0. The molecule has 0 spiro atoms. The lowest BCUT2D eigenvalue weighted by Crippen LogP contribution is -2.14. The van der Waals surface area contributed by atoms with E-state index in [1.165, 1.54) is 20.3 Å². The van der Waals surface area contributed by atoms with Crippen molar-refractivity contribution in [3.63, 3.8) is 0 Å². The summed E-state index contributed by atoms with van der Waals surface area (Å²) in [7, 11) is 2.76. The first-order valence-electron chi connectivity index (χ1n) is 7.98. The van der Waals surface area contributed by atoms with E-state index in [-0.39, 0.29) is 22.9 Å². The molecule has 2 aromatic carbocycles. The third kappa shape index (κ3) is 3.88. The average molecular weight is 390 g/mol. The first kappa shape index (κ1) is 18.7. The van der Waals surface area contributed by atoms with Gasteiger partial charge in [0.25, 0.3) is 5.91 Å². The summed E-state index contributed by atoms with van der Waals surface area (Å²) in [5.41, 5.74) is 1.67. The lowest BCUT2D eigenvalue weighted by atomic mass is 10.2. The molecule has 0 atom stereocenters.